The maximum atomic E-state index is 12.5. The highest BCUT2D eigenvalue weighted by Crippen LogP contribution is 2.30. The molecule has 2 amide bonds. The lowest BCUT2D eigenvalue weighted by Crippen LogP contribution is -2.28. The third-order valence-electron chi connectivity index (χ3n) is 3.95. The molecule has 3 rings (SSSR count). The Balaban J connectivity index is 1.75. The fraction of sp³-hybridized carbons (Fsp3) is 0.278. The molecular weight excluding hydrogens is 320 g/mol. The molecule has 1 aromatic heterocycles. The molecule has 25 heavy (non-hydrogen) atoms. The molecule has 7 heteroatoms. The Kier molecular flexibility index (Phi) is 4.56. The highest BCUT2D eigenvalue weighted by atomic mass is 16.5. The highest BCUT2D eigenvalue weighted by molar-refractivity contribution is 5.96. The fourth-order valence-electron chi connectivity index (χ4n) is 2.54. The topological polar surface area (TPSA) is 83.6 Å². The molecular formula is C18H20N4O3. The van der Waals surface area contributed by atoms with Crippen molar-refractivity contribution in [2.45, 2.75) is 13.0 Å². The van der Waals surface area contributed by atoms with Crippen molar-refractivity contribution >= 4 is 23.3 Å². The van der Waals surface area contributed by atoms with Gasteiger partial charge in [0.15, 0.2) is 6.61 Å². The van der Waals surface area contributed by atoms with Crippen molar-refractivity contribution in [3.63, 3.8) is 0 Å². The van der Waals surface area contributed by atoms with Crippen LogP contribution in [-0.4, -0.2) is 37.5 Å². The number of nitrogens with one attached hydrogen (secondary N) is 2. The fourth-order valence-corrected chi connectivity index (χ4v) is 2.54. The molecule has 2 aromatic rings. The number of nitrogens with zero attached hydrogens (tertiary/aromatic N) is 2. The summed E-state index contributed by atoms with van der Waals surface area (Å²) in [4.78, 5) is 30.0. The predicted octanol–water partition coefficient (Wildman–Crippen LogP) is 1.97. The minimum atomic E-state index is -0.229. The van der Waals surface area contributed by atoms with Crippen LogP contribution >= 0.6 is 0 Å². The lowest BCUT2D eigenvalue weighted by Gasteiger charge is -2.21. The number of carbonyl (C=O) groups is 2. The van der Waals surface area contributed by atoms with Gasteiger partial charge in [-0.2, -0.15) is 0 Å². The zero-order chi connectivity index (χ0) is 18.0. The first-order chi connectivity index (χ1) is 11.9. The van der Waals surface area contributed by atoms with E-state index in [9.17, 15) is 9.59 Å². The Labute approximate surface area is 146 Å². The summed E-state index contributed by atoms with van der Waals surface area (Å²) in [7, 11) is 3.74. The molecule has 1 aromatic carbocycles. The van der Waals surface area contributed by atoms with Crippen molar-refractivity contribution < 1.29 is 14.3 Å². The number of fused-ring (bicyclic) bond motifs is 1. The lowest BCUT2D eigenvalue weighted by molar-refractivity contribution is -0.118. The normalized spacial score (nSPS) is 14.0. The van der Waals surface area contributed by atoms with Gasteiger partial charge in [0.05, 0.1) is 11.7 Å². The summed E-state index contributed by atoms with van der Waals surface area (Å²) >= 11 is 0. The number of benzene rings is 1. The van der Waals surface area contributed by atoms with Crippen molar-refractivity contribution in [2.24, 2.45) is 0 Å². The van der Waals surface area contributed by atoms with Crippen LogP contribution in [0.4, 0.5) is 11.5 Å². The van der Waals surface area contributed by atoms with Crippen molar-refractivity contribution in [1.29, 1.82) is 0 Å². The van der Waals surface area contributed by atoms with E-state index in [1.807, 2.05) is 38.1 Å². The van der Waals surface area contributed by atoms with Gasteiger partial charge in [0.25, 0.3) is 11.8 Å². The minimum absolute atomic E-state index is 0.0227. The molecule has 1 aliphatic rings. The summed E-state index contributed by atoms with van der Waals surface area (Å²) < 4.78 is 5.35. The second kappa shape index (κ2) is 6.80. The van der Waals surface area contributed by atoms with Crippen LogP contribution in [0.25, 0.3) is 0 Å². The zero-order valence-corrected chi connectivity index (χ0v) is 14.4. The molecule has 0 aliphatic carbocycles. The van der Waals surface area contributed by atoms with Crippen LogP contribution in [0.3, 0.4) is 0 Å². The number of pyridine rings is 1. The maximum Gasteiger partial charge on any atom is 0.262 e. The summed E-state index contributed by atoms with van der Waals surface area (Å²) in [6, 6.07) is 8.67. The molecule has 0 radical (unpaired) electrons. The van der Waals surface area contributed by atoms with Gasteiger partial charge in [0.1, 0.15) is 11.6 Å². The van der Waals surface area contributed by atoms with Crippen molar-refractivity contribution in [3.8, 4) is 5.75 Å². The number of amides is 2. The van der Waals surface area contributed by atoms with E-state index in [0.717, 1.165) is 5.56 Å². The number of anilines is 2. The van der Waals surface area contributed by atoms with E-state index < -0.39 is 0 Å². The highest BCUT2D eigenvalue weighted by Gasteiger charge is 2.18. The van der Waals surface area contributed by atoms with E-state index in [1.165, 1.54) is 0 Å². The summed E-state index contributed by atoms with van der Waals surface area (Å²) in [5, 5.41) is 5.73. The molecule has 130 valence electrons. The molecule has 0 saturated heterocycles. The quantitative estimate of drug-likeness (QED) is 0.889. The van der Waals surface area contributed by atoms with Crippen LogP contribution in [0.5, 0.6) is 5.75 Å². The zero-order valence-electron chi connectivity index (χ0n) is 14.4. The van der Waals surface area contributed by atoms with Crippen LogP contribution in [0.2, 0.25) is 0 Å². The number of ether oxygens (including phenoxy) is 1. The number of hydrogen-bond donors (Lipinski definition) is 2. The summed E-state index contributed by atoms with van der Waals surface area (Å²) in [5.74, 6) is 0.978. The number of hydrogen-bond acceptors (Lipinski definition) is 5. The van der Waals surface area contributed by atoms with Gasteiger partial charge in [-0.05, 0) is 36.8 Å². The van der Waals surface area contributed by atoms with E-state index >= 15 is 0 Å². The third-order valence-corrected chi connectivity index (χ3v) is 3.95. The number of aromatic nitrogens is 1. The molecule has 1 aliphatic heterocycles. The molecule has 2 heterocycles. The van der Waals surface area contributed by atoms with Crippen LogP contribution in [0.1, 0.15) is 28.9 Å². The first-order valence-electron chi connectivity index (χ1n) is 7.95. The van der Waals surface area contributed by atoms with Crippen molar-refractivity contribution in [1.82, 2.24) is 10.3 Å². The van der Waals surface area contributed by atoms with E-state index in [2.05, 4.69) is 15.6 Å². The van der Waals surface area contributed by atoms with Crippen LogP contribution in [0, 0.1) is 0 Å². The average Bonchev–Trinajstić information content (AvgIpc) is 2.61. The summed E-state index contributed by atoms with van der Waals surface area (Å²) in [6.07, 6.45) is 1.61. The van der Waals surface area contributed by atoms with Gasteiger partial charge in [0.2, 0.25) is 0 Å². The molecule has 7 nitrogen and oxygen atoms in total. The molecule has 2 N–H and O–H groups in total. The van der Waals surface area contributed by atoms with Crippen LogP contribution < -0.4 is 20.3 Å². The summed E-state index contributed by atoms with van der Waals surface area (Å²) in [6.45, 7) is 1.91. The molecule has 0 unspecified atom stereocenters. The Morgan fingerprint density at radius 1 is 1.32 bits per heavy atom. The average molecular weight is 340 g/mol. The van der Waals surface area contributed by atoms with E-state index in [1.54, 1.807) is 24.4 Å². The molecule has 1 atom stereocenters. The van der Waals surface area contributed by atoms with E-state index in [0.29, 0.717) is 22.8 Å². The molecule has 0 spiro atoms. The predicted molar refractivity (Wildman–Crippen MR) is 95.0 cm³/mol. The first-order valence-corrected chi connectivity index (χ1v) is 7.95. The lowest BCUT2D eigenvalue weighted by atomic mass is 10.1. The van der Waals surface area contributed by atoms with Gasteiger partial charge >= 0.3 is 0 Å². The maximum absolute atomic E-state index is 12.5. The van der Waals surface area contributed by atoms with Crippen LogP contribution in [0.15, 0.2) is 36.5 Å². The Hall–Kier alpha value is -3.09. The Bertz CT molecular complexity index is 820. The van der Waals surface area contributed by atoms with Gasteiger partial charge < -0.3 is 20.3 Å². The van der Waals surface area contributed by atoms with E-state index in [4.69, 9.17) is 4.74 Å². The van der Waals surface area contributed by atoms with Gasteiger partial charge in [-0.1, -0.05) is 6.07 Å². The Morgan fingerprint density at radius 3 is 2.88 bits per heavy atom. The minimum Gasteiger partial charge on any atom is -0.482 e. The van der Waals surface area contributed by atoms with Gasteiger partial charge in [0, 0.05) is 25.9 Å². The number of carbonyl (C=O) groups excluding carboxylic acids is 2. The standard InChI is InChI=1S/C18H20N4O3/c1-11(12-4-5-15-14(8-12)21-17(23)10-25-15)20-18(24)13-6-7-19-16(9-13)22(2)3/h4-9,11H,10H2,1-3H3,(H,20,24)(H,21,23)/t11-/m1/s1. The van der Waals surface area contributed by atoms with Crippen LogP contribution in [-0.2, 0) is 4.79 Å². The second-order valence-corrected chi connectivity index (χ2v) is 6.08. The third kappa shape index (κ3) is 3.71. The van der Waals surface area contributed by atoms with Crippen molar-refractivity contribution in [2.75, 3.05) is 30.9 Å². The van der Waals surface area contributed by atoms with Gasteiger partial charge in [-0.3, -0.25) is 9.59 Å². The SMILES string of the molecule is C[C@@H](NC(=O)c1ccnc(N(C)C)c1)c1ccc2c(c1)NC(=O)CO2. The summed E-state index contributed by atoms with van der Waals surface area (Å²) in [5.41, 5.74) is 2.04. The molecule has 0 fully saturated rings. The van der Waals surface area contributed by atoms with Gasteiger partial charge in [-0.25, -0.2) is 4.98 Å². The number of rotatable bonds is 4. The first kappa shape index (κ1) is 16.8. The monoisotopic (exact) mass is 340 g/mol. The molecule has 0 saturated carbocycles. The van der Waals surface area contributed by atoms with Crippen molar-refractivity contribution in [3.05, 3.63) is 47.7 Å². The van der Waals surface area contributed by atoms with Gasteiger partial charge in [-0.15, -0.1) is 0 Å². The largest absolute Gasteiger partial charge is 0.482 e. The smallest absolute Gasteiger partial charge is 0.262 e. The van der Waals surface area contributed by atoms with E-state index in [-0.39, 0.29) is 24.5 Å². The molecule has 0 bridgehead atoms. The second-order valence-electron chi connectivity index (χ2n) is 6.08. The Morgan fingerprint density at radius 2 is 2.12 bits per heavy atom.